The van der Waals surface area contributed by atoms with E-state index in [1.807, 2.05) is 0 Å². The highest BCUT2D eigenvalue weighted by molar-refractivity contribution is 5.82. The van der Waals surface area contributed by atoms with E-state index in [9.17, 15) is 55.9 Å². The van der Waals surface area contributed by atoms with Gasteiger partial charge in [0.2, 0.25) is 6.29 Å². The lowest BCUT2D eigenvalue weighted by Gasteiger charge is -2.42. The molecular formula is C27H30O15. The Morgan fingerprint density at radius 3 is 2.00 bits per heavy atom. The molecule has 2 aromatic carbocycles. The van der Waals surface area contributed by atoms with Crippen molar-refractivity contribution in [2.75, 3.05) is 13.2 Å². The minimum atomic E-state index is -1.85. The van der Waals surface area contributed by atoms with E-state index < -0.39 is 91.4 Å². The van der Waals surface area contributed by atoms with Crippen molar-refractivity contribution in [2.45, 2.75) is 61.2 Å². The molecule has 10 N–H and O–H groups in total. The summed E-state index contributed by atoms with van der Waals surface area (Å²) in [6.07, 6.45) is -16.5. The Balaban J connectivity index is 1.65. The molecular weight excluding hydrogens is 564 g/mol. The zero-order chi connectivity index (χ0) is 30.5. The van der Waals surface area contributed by atoms with E-state index in [0.29, 0.717) is 0 Å². The number of ether oxygens (including phenoxy) is 3. The number of phenols is 2. The Labute approximate surface area is 236 Å². The second-order valence-corrected chi connectivity index (χ2v) is 10.1. The van der Waals surface area contributed by atoms with Crippen LogP contribution in [0.15, 0.2) is 45.6 Å². The van der Waals surface area contributed by atoms with Gasteiger partial charge in [-0.25, -0.2) is 0 Å². The van der Waals surface area contributed by atoms with Crippen LogP contribution in [0.5, 0.6) is 17.2 Å². The van der Waals surface area contributed by atoms with Gasteiger partial charge in [-0.05, 0) is 24.3 Å². The second kappa shape index (κ2) is 11.7. The summed E-state index contributed by atoms with van der Waals surface area (Å²) >= 11 is 0. The van der Waals surface area contributed by atoms with E-state index in [1.54, 1.807) is 0 Å². The Hall–Kier alpha value is -3.35. The average molecular weight is 595 g/mol. The van der Waals surface area contributed by atoms with Gasteiger partial charge in [-0.2, -0.15) is 0 Å². The van der Waals surface area contributed by atoms with Crippen molar-refractivity contribution in [3.8, 4) is 28.6 Å². The van der Waals surface area contributed by atoms with Crippen molar-refractivity contribution in [2.24, 2.45) is 0 Å². The molecule has 0 aliphatic carbocycles. The van der Waals surface area contributed by atoms with E-state index in [0.717, 1.165) is 12.1 Å². The molecule has 228 valence electrons. The lowest BCUT2D eigenvalue weighted by molar-refractivity contribution is -0.278. The molecule has 3 heterocycles. The molecule has 5 rings (SSSR count). The van der Waals surface area contributed by atoms with Gasteiger partial charge < -0.3 is 69.7 Å². The molecule has 2 saturated heterocycles. The number of hydrogen-bond donors (Lipinski definition) is 10. The molecule has 3 aromatic rings. The van der Waals surface area contributed by atoms with E-state index in [-0.39, 0.29) is 33.6 Å². The molecule has 0 bridgehead atoms. The Kier molecular flexibility index (Phi) is 8.41. The number of hydrogen-bond acceptors (Lipinski definition) is 15. The highest BCUT2D eigenvalue weighted by Crippen LogP contribution is 2.41. The molecule has 0 saturated carbocycles. The van der Waals surface area contributed by atoms with Crippen molar-refractivity contribution < 1.29 is 69.7 Å². The lowest BCUT2D eigenvalue weighted by atomic mass is 9.90. The summed E-state index contributed by atoms with van der Waals surface area (Å²) in [7, 11) is 0. The van der Waals surface area contributed by atoms with E-state index in [4.69, 9.17) is 18.6 Å². The van der Waals surface area contributed by atoms with Gasteiger partial charge in [-0.15, -0.1) is 0 Å². The summed E-state index contributed by atoms with van der Waals surface area (Å²) in [5.74, 6) is -1.17. The van der Waals surface area contributed by atoms with Crippen LogP contribution in [0.25, 0.3) is 22.3 Å². The maximum Gasteiger partial charge on any atom is 0.229 e. The van der Waals surface area contributed by atoms with Crippen LogP contribution in [0, 0.1) is 0 Å². The smallest absolute Gasteiger partial charge is 0.229 e. The van der Waals surface area contributed by atoms with Gasteiger partial charge in [0.05, 0.1) is 18.6 Å². The maximum atomic E-state index is 13.2. The van der Waals surface area contributed by atoms with Crippen LogP contribution in [0.1, 0.15) is 11.7 Å². The second-order valence-electron chi connectivity index (χ2n) is 10.1. The Bertz CT molecular complexity index is 1490. The number of rotatable bonds is 6. The minimum Gasteiger partial charge on any atom is -0.504 e. The van der Waals surface area contributed by atoms with Crippen LogP contribution >= 0.6 is 0 Å². The Morgan fingerprint density at radius 2 is 1.36 bits per heavy atom. The number of phenolic OH excluding ortho intramolecular Hbond substituents is 2. The number of aliphatic hydroxyl groups is 8. The van der Waals surface area contributed by atoms with Crippen LogP contribution in [0.3, 0.4) is 0 Å². The molecule has 1 aromatic heterocycles. The van der Waals surface area contributed by atoms with Gasteiger partial charge in [-0.1, -0.05) is 0 Å². The number of aliphatic hydroxyl groups excluding tert-OH is 8. The van der Waals surface area contributed by atoms with Crippen LogP contribution < -0.4 is 10.2 Å². The topological polar surface area (TPSA) is 260 Å². The highest BCUT2D eigenvalue weighted by Gasteiger charge is 2.47. The third-order valence-electron chi connectivity index (χ3n) is 7.41. The molecule has 0 amide bonds. The first-order valence-corrected chi connectivity index (χ1v) is 12.9. The van der Waals surface area contributed by atoms with Crippen molar-refractivity contribution >= 4 is 11.0 Å². The van der Waals surface area contributed by atoms with Gasteiger partial charge in [0.15, 0.2) is 16.9 Å². The first kappa shape index (κ1) is 30.1. The van der Waals surface area contributed by atoms with E-state index in [1.165, 1.54) is 24.3 Å². The number of aromatic hydroxyl groups is 2. The zero-order valence-electron chi connectivity index (χ0n) is 21.7. The maximum absolute atomic E-state index is 13.2. The fraction of sp³-hybridized carbons (Fsp3) is 0.444. The SMILES string of the molecule is O=c1cc(-c2ccc(O)c(O)c2)oc2cc(O[C@H]3O[C@H](CO)[C@@H](O)[C@@H](O)[C@H]3O)c([C@H]3O[C@H](CO)[C@@H](O)[C@@H](O)[C@H]3O)cc12. The monoisotopic (exact) mass is 594 g/mol. The molecule has 0 radical (unpaired) electrons. The van der Waals surface area contributed by atoms with Crippen LogP contribution in [0.4, 0.5) is 0 Å². The fourth-order valence-electron chi connectivity index (χ4n) is 4.99. The van der Waals surface area contributed by atoms with Crippen LogP contribution in [0.2, 0.25) is 0 Å². The third kappa shape index (κ3) is 5.31. The van der Waals surface area contributed by atoms with Gasteiger partial charge in [-0.3, -0.25) is 4.79 Å². The van der Waals surface area contributed by atoms with E-state index >= 15 is 0 Å². The van der Waals surface area contributed by atoms with Gasteiger partial charge in [0, 0.05) is 23.3 Å². The first-order chi connectivity index (χ1) is 19.9. The molecule has 2 aliphatic heterocycles. The normalized spacial score (nSPS) is 33.5. The molecule has 42 heavy (non-hydrogen) atoms. The summed E-state index contributed by atoms with van der Waals surface area (Å²) in [5, 5.41) is 101. The minimum absolute atomic E-state index is 0.0258. The summed E-state index contributed by atoms with van der Waals surface area (Å²) in [5.41, 5.74) is -0.612. The van der Waals surface area contributed by atoms with Crippen molar-refractivity contribution in [1.29, 1.82) is 0 Å². The molecule has 2 fully saturated rings. The summed E-state index contributed by atoms with van der Waals surface area (Å²) in [6.45, 7) is -1.50. The molecule has 0 unspecified atom stereocenters. The fourth-order valence-corrected chi connectivity index (χ4v) is 4.99. The number of benzene rings is 2. The largest absolute Gasteiger partial charge is 0.504 e. The number of fused-ring (bicyclic) bond motifs is 1. The van der Waals surface area contributed by atoms with Gasteiger partial charge in [0.25, 0.3) is 0 Å². The van der Waals surface area contributed by atoms with Gasteiger partial charge in [0.1, 0.15) is 72.0 Å². The van der Waals surface area contributed by atoms with Crippen molar-refractivity contribution in [3.63, 3.8) is 0 Å². The standard InChI is InChI=1S/C27H30O15/c28-7-18-20(33)22(35)24(37)26(40-18)11-4-10-13(31)5-15(9-1-2-12(30)14(32)3-9)39-16(10)6-17(11)41-27-25(38)23(36)21(34)19(8-29)42-27/h1-6,18-30,32-38H,7-8H2/t18-,19-,20-,21-,22-,23-,24-,25-,26-,27+/m1/s1. The Morgan fingerprint density at radius 1 is 0.714 bits per heavy atom. The summed E-state index contributed by atoms with van der Waals surface area (Å²) in [6, 6.07) is 7.19. The first-order valence-electron chi connectivity index (χ1n) is 12.9. The average Bonchev–Trinajstić information content (AvgIpc) is 2.97. The lowest BCUT2D eigenvalue weighted by Crippen LogP contribution is -2.60. The molecule has 2 aliphatic rings. The van der Waals surface area contributed by atoms with E-state index in [2.05, 4.69) is 0 Å². The predicted molar refractivity (Wildman–Crippen MR) is 138 cm³/mol. The highest BCUT2D eigenvalue weighted by atomic mass is 16.7. The summed E-state index contributed by atoms with van der Waals surface area (Å²) in [4.78, 5) is 13.2. The molecule has 10 atom stereocenters. The quantitative estimate of drug-likeness (QED) is 0.133. The molecule has 15 heteroatoms. The van der Waals surface area contributed by atoms with Gasteiger partial charge >= 0.3 is 0 Å². The predicted octanol–water partition coefficient (Wildman–Crippen LogP) is -2.44. The molecule has 15 nitrogen and oxygen atoms in total. The van der Waals surface area contributed by atoms with Crippen molar-refractivity contribution in [3.05, 3.63) is 52.2 Å². The van der Waals surface area contributed by atoms with Crippen LogP contribution in [-0.4, -0.2) is 119 Å². The molecule has 0 spiro atoms. The summed E-state index contributed by atoms with van der Waals surface area (Å²) < 4.78 is 22.8. The van der Waals surface area contributed by atoms with Crippen LogP contribution in [-0.2, 0) is 9.47 Å². The van der Waals surface area contributed by atoms with Crippen molar-refractivity contribution in [1.82, 2.24) is 0 Å². The third-order valence-corrected chi connectivity index (χ3v) is 7.41. The zero-order valence-corrected chi connectivity index (χ0v) is 21.7.